The van der Waals surface area contributed by atoms with Gasteiger partial charge in [-0.2, -0.15) is 0 Å². The third kappa shape index (κ3) is 5.36. The normalized spacial score (nSPS) is 14.1. The van der Waals surface area contributed by atoms with Crippen LogP contribution in [-0.2, 0) is 10.8 Å². The summed E-state index contributed by atoms with van der Waals surface area (Å²) in [7, 11) is 0. The summed E-state index contributed by atoms with van der Waals surface area (Å²) in [6.07, 6.45) is 0. The van der Waals surface area contributed by atoms with Crippen molar-refractivity contribution in [1.82, 2.24) is 4.57 Å². The van der Waals surface area contributed by atoms with Crippen molar-refractivity contribution in [2.75, 3.05) is 4.90 Å². The average molecular weight is 795 g/mol. The van der Waals surface area contributed by atoms with Crippen LogP contribution in [0.15, 0.2) is 206 Å². The van der Waals surface area contributed by atoms with E-state index in [1.807, 2.05) is 0 Å². The topological polar surface area (TPSA) is 8.17 Å². The number of para-hydroxylation sites is 3. The van der Waals surface area contributed by atoms with Gasteiger partial charge in [0.05, 0.1) is 16.7 Å². The van der Waals surface area contributed by atoms with Crippen LogP contribution in [0.2, 0.25) is 0 Å². The number of benzene rings is 9. The van der Waals surface area contributed by atoms with Crippen molar-refractivity contribution >= 4 is 38.9 Å². The first kappa shape index (κ1) is 36.4. The van der Waals surface area contributed by atoms with E-state index in [0.717, 1.165) is 17.1 Å². The molecule has 0 spiro atoms. The van der Waals surface area contributed by atoms with Crippen molar-refractivity contribution in [1.29, 1.82) is 0 Å². The molecule has 12 rings (SSSR count). The van der Waals surface area contributed by atoms with Gasteiger partial charge in [0.2, 0.25) is 0 Å². The minimum atomic E-state index is -0.238. The Bertz CT molecular complexity index is 3400. The lowest BCUT2D eigenvalue weighted by molar-refractivity contribution is 0.660. The summed E-state index contributed by atoms with van der Waals surface area (Å²) in [5.41, 5.74) is 22.4. The van der Waals surface area contributed by atoms with Crippen LogP contribution in [0, 0.1) is 0 Å². The molecule has 0 unspecified atom stereocenters. The molecule has 0 bridgehead atoms. The highest BCUT2D eigenvalue weighted by Crippen LogP contribution is 2.53. The van der Waals surface area contributed by atoms with Crippen molar-refractivity contribution in [3.63, 3.8) is 0 Å². The maximum Gasteiger partial charge on any atom is 0.0541 e. The first-order valence-corrected chi connectivity index (χ1v) is 21.8. The van der Waals surface area contributed by atoms with E-state index >= 15 is 0 Å². The Labute approximate surface area is 364 Å². The zero-order valence-electron chi connectivity index (χ0n) is 35.5. The summed E-state index contributed by atoms with van der Waals surface area (Å²) in [6.45, 7) is 9.52. The summed E-state index contributed by atoms with van der Waals surface area (Å²) in [6, 6.07) is 76.5. The van der Waals surface area contributed by atoms with E-state index < -0.39 is 0 Å². The zero-order valence-corrected chi connectivity index (χ0v) is 35.5. The highest BCUT2D eigenvalue weighted by molar-refractivity contribution is 6.10. The third-order valence-corrected chi connectivity index (χ3v) is 14.0. The minimum absolute atomic E-state index is 0.0795. The largest absolute Gasteiger partial charge is 0.310 e. The van der Waals surface area contributed by atoms with Crippen LogP contribution in [0.3, 0.4) is 0 Å². The van der Waals surface area contributed by atoms with Gasteiger partial charge in [-0.25, -0.2) is 0 Å². The smallest absolute Gasteiger partial charge is 0.0541 e. The molecule has 0 radical (unpaired) electrons. The first-order valence-electron chi connectivity index (χ1n) is 21.8. The number of rotatable bonds is 6. The second-order valence-corrected chi connectivity index (χ2v) is 18.2. The van der Waals surface area contributed by atoms with Crippen LogP contribution in [0.25, 0.3) is 72.0 Å². The average Bonchev–Trinajstić information content (AvgIpc) is 3.86. The predicted octanol–water partition coefficient (Wildman–Crippen LogP) is 16.2. The molecule has 2 nitrogen and oxygen atoms in total. The number of hydrogen-bond acceptors (Lipinski definition) is 1. The van der Waals surface area contributed by atoms with Gasteiger partial charge in [0.25, 0.3) is 0 Å². The minimum Gasteiger partial charge on any atom is -0.310 e. The van der Waals surface area contributed by atoms with Crippen LogP contribution in [0.4, 0.5) is 17.1 Å². The molecule has 0 N–H and O–H groups in total. The monoisotopic (exact) mass is 794 g/mol. The molecule has 0 saturated heterocycles. The molecule has 2 aliphatic carbocycles. The molecule has 2 aliphatic rings. The quantitative estimate of drug-likeness (QED) is 0.163. The summed E-state index contributed by atoms with van der Waals surface area (Å²) in [5, 5.41) is 2.53. The van der Waals surface area contributed by atoms with E-state index in [4.69, 9.17) is 0 Å². The molecule has 0 aliphatic heterocycles. The van der Waals surface area contributed by atoms with E-state index in [9.17, 15) is 0 Å². The van der Waals surface area contributed by atoms with Crippen LogP contribution in [-0.4, -0.2) is 4.57 Å². The Hall–Kier alpha value is -7.42. The van der Waals surface area contributed by atoms with Crippen molar-refractivity contribution in [3.05, 3.63) is 229 Å². The number of aromatic nitrogens is 1. The standard InChI is InChI=1S/C60H46N2/c1-59(2)52-24-14-11-22-46(52)47-31-27-41(36-53(47)59)45-21-12-15-25-56(45)61(42-19-9-6-10-20-42)43-29-32-48-49-33-30-44(38-55(49)60(3,4)54(48)37-43)62-57-26-16-13-23-50(57)51-35-40(28-34-58(51)62)39-17-7-5-8-18-39/h5-38H,1-4H3. The highest BCUT2D eigenvalue weighted by Gasteiger charge is 2.38. The van der Waals surface area contributed by atoms with Crippen molar-refractivity contribution in [3.8, 4) is 50.2 Å². The molecule has 0 atom stereocenters. The van der Waals surface area contributed by atoms with Crippen LogP contribution < -0.4 is 4.90 Å². The van der Waals surface area contributed by atoms with Gasteiger partial charge in [0.15, 0.2) is 0 Å². The molecule has 2 heteroatoms. The Morgan fingerprint density at radius 3 is 1.71 bits per heavy atom. The van der Waals surface area contributed by atoms with Gasteiger partial charge < -0.3 is 9.47 Å². The van der Waals surface area contributed by atoms with Gasteiger partial charge in [0.1, 0.15) is 0 Å². The molecule has 0 fully saturated rings. The van der Waals surface area contributed by atoms with Gasteiger partial charge in [-0.1, -0.05) is 167 Å². The fourth-order valence-electron chi connectivity index (χ4n) is 10.8. The van der Waals surface area contributed by atoms with Gasteiger partial charge >= 0.3 is 0 Å². The maximum atomic E-state index is 2.46. The van der Waals surface area contributed by atoms with E-state index in [0.29, 0.717) is 0 Å². The van der Waals surface area contributed by atoms with Crippen molar-refractivity contribution in [2.45, 2.75) is 38.5 Å². The number of hydrogen-bond donors (Lipinski definition) is 0. The van der Waals surface area contributed by atoms with Gasteiger partial charge in [-0.05, 0) is 128 Å². The predicted molar refractivity (Wildman–Crippen MR) is 261 cm³/mol. The zero-order chi connectivity index (χ0) is 41.7. The lowest BCUT2D eigenvalue weighted by Gasteiger charge is -2.30. The lowest BCUT2D eigenvalue weighted by Crippen LogP contribution is -2.17. The maximum absolute atomic E-state index is 2.46. The van der Waals surface area contributed by atoms with E-state index in [2.05, 4.69) is 243 Å². The van der Waals surface area contributed by atoms with Crippen molar-refractivity contribution < 1.29 is 0 Å². The summed E-state index contributed by atoms with van der Waals surface area (Å²) >= 11 is 0. The van der Waals surface area contributed by atoms with Crippen molar-refractivity contribution in [2.24, 2.45) is 0 Å². The van der Waals surface area contributed by atoms with Crippen LogP contribution in [0.1, 0.15) is 49.9 Å². The molecule has 0 saturated carbocycles. The Balaban J connectivity index is 0.967. The first-order chi connectivity index (χ1) is 30.3. The van der Waals surface area contributed by atoms with Gasteiger partial charge in [-0.15, -0.1) is 0 Å². The second kappa shape index (κ2) is 13.5. The van der Waals surface area contributed by atoms with Crippen LogP contribution >= 0.6 is 0 Å². The summed E-state index contributed by atoms with van der Waals surface area (Å²) in [4.78, 5) is 2.45. The van der Waals surface area contributed by atoms with E-state index in [1.165, 1.54) is 94.3 Å². The van der Waals surface area contributed by atoms with E-state index in [-0.39, 0.29) is 10.8 Å². The van der Waals surface area contributed by atoms with Crippen LogP contribution in [0.5, 0.6) is 0 Å². The van der Waals surface area contributed by atoms with Gasteiger partial charge in [-0.3, -0.25) is 0 Å². The fourth-order valence-corrected chi connectivity index (χ4v) is 10.8. The molecular weight excluding hydrogens is 749 g/mol. The lowest BCUT2D eigenvalue weighted by atomic mass is 9.81. The molecular formula is C60H46N2. The molecule has 62 heavy (non-hydrogen) atoms. The SMILES string of the molecule is CC1(C)c2ccccc2-c2ccc(-c3ccccc3N(c3ccccc3)c3ccc4c(c3)C(C)(C)c3cc(-n5c6ccccc6c6cc(-c7ccccc7)ccc65)ccc3-4)cc21. The number of nitrogens with zero attached hydrogens (tertiary/aromatic N) is 2. The molecule has 0 amide bonds. The molecule has 1 aromatic heterocycles. The number of fused-ring (bicyclic) bond motifs is 9. The molecule has 296 valence electrons. The van der Waals surface area contributed by atoms with Gasteiger partial charge in [0, 0.05) is 44.2 Å². The highest BCUT2D eigenvalue weighted by atomic mass is 15.1. The second-order valence-electron chi connectivity index (χ2n) is 18.2. The van der Waals surface area contributed by atoms with E-state index in [1.54, 1.807) is 0 Å². The Morgan fingerprint density at radius 2 is 0.903 bits per heavy atom. The Morgan fingerprint density at radius 1 is 0.339 bits per heavy atom. The third-order valence-electron chi connectivity index (χ3n) is 14.0. The molecule has 10 aromatic rings. The summed E-state index contributed by atoms with van der Waals surface area (Å²) in [5.74, 6) is 0. The summed E-state index contributed by atoms with van der Waals surface area (Å²) < 4.78 is 2.46. The number of anilines is 3. The molecule has 1 heterocycles. The Kier molecular flexibility index (Phi) is 7.96. The molecule has 9 aromatic carbocycles. The fraction of sp³-hybridized carbons (Fsp3) is 0.100.